The van der Waals surface area contributed by atoms with E-state index < -0.39 is 0 Å². The zero-order valence-corrected chi connectivity index (χ0v) is 15.7. The predicted molar refractivity (Wildman–Crippen MR) is 106 cm³/mol. The lowest BCUT2D eigenvalue weighted by atomic mass is 9.99. The van der Waals surface area contributed by atoms with Gasteiger partial charge in [0.25, 0.3) is 5.91 Å². The van der Waals surface area contributed by atoms with Gasteiger partial charge in [0, 0.05) is 36.2 Å². The van der Waals surface area contributed by atoms with Gasteiger partial charge in [0.05, 0.1) is 5.56 Å². The van der Waals surface area contributed by atoms with Crippen molar-refractivity contribution >= 4 is 29.1 Å². The van der Waals surface area contributed by atoms with E-state index in [0.717, 1.165) is 17.7 Å². The molecule has 2 aromatic carbocycles. The Morgan fingerprint density at radius 3 is 2.63 bits per heavy atom. The number of nitrogens with one attached hydrogen (secondary N) is 1. The maximum atomic E-state index is 12.8. The Morgan fingerprint density at radius 2 is 1.85 bits per heavy atom. The van der Waals surface area contributed by atoms with Crippen LogP contribution in [-0.2, 0) is 13.0 Å². The van der Waals surface area contributed by atoms with Crippen molar-refractivity contribution in [2.75, 3.05) is 11.9 Å². The van der Waals surface area contributed by atoms with Gasteiger partial charge in [0.2, 0.25) is 5.95 Å². The number of fused-ring (bicyclic) bond motifs is 1. The number of carbonyl (C=O) groups excluding carboxylic acids is 1. The summed E-state index contributed by atoms with van der Waals surface area (Å²) in [6, 6.07) is 13.8. The van der Waals surface area contributed by atoms with Gasteiger partial charge in [-0.05, 0) is 42.2 Å². The molecule has 6 heteroatoms. The highest BCUT2D eigenvalue weighted by Gasteiger charge is 2.22. The number of halogens is 1. The number of anilines is 2. The van der Waals surface area contributed by atoms with Gasteiger partial charge in [-0.2, -0.15) is 0 Å². The zero-order chi connectivity index (χ0) is 18.8. The molecule has 136 valence electrons. The molecule has 0 radical (unpaired) electrons. The normalized spacial score (nSPS) is 13.2. The summed E-state index contributed by atoms with van der Waals surface area (Å²) >= 11 is 6.04. The fourth-order valence-electron chi connectivity index (χ4n) is 3.20. The van der Waals surface area contributed by atoms with Gasteiger partial charge in [0.15, 0.2) is 0 Å². The minimum absolute atomic E-state index is 0.0463. The van der Waals surface area contributed by atoms with Crippen LogP contribution in [0.3, 0.4) is 0 Å². The molecule has 1 aliphatic rings. The van der Waals surface area contributed by atoms with Crippen molar-refractivity contribution in [2.24, 2.45) is 0 Å². The summed E-state index contributed by atoms with van der Waals surface area (Å²) < 4.78 is 0. The first-order valence-corrected chi connectivity index (χ1v) is 9.19. The second kappa shape index (κ2) is 7.37. The average Bonchev–Trinajstić information content (AvgIpc) is 2.70. The molecule has 0 bridgehead atoms. The largest absolute Gasteiger partial charge is 0.334 e. The van der Waals surface area contributed by atoms with Gasteiger partial charge in [-0.1, -0.05) is 41.9 Å². The standard InChI is InChI=1S/C21H19ClN4O/c1-14-6-7-18(22)10-19(14)25-21-23-11-17(12-24-21)20(27)26-9-8-15-4-2-3-5-16(15)13-26/h2-7,10-12H,8-9,13H2,1H3,(H,23,24,25). The molecule has 0 fully saturated rings. The molecule has 0 atom stereocenters. The highest BCUT2D eigenvalue weighted by atomic mass is 35.5. The molecule has 0 unspecified atom stereocenters. The Morgan fingerprint density at radius 1 is 1.11 bits per heavy atom. The van der Waals surface area contributed by atoms with Crippen molar-refractivity contribution in [2.45, 2.75) is 19.9 Å². The van der Waals surface area contributed by atoms with E-state index in [4.69, 9.17) is 11.6 Å². The lowest BCUT2D eigenvalue weighted by Crippen LogP contribution is -2.36. The van der Waals surface area contributed by atoms with Crippen LogP contribution in [0.15, 0.2) is 54.9 Å². The van der Waals surface area contributed by atoms with Crippen LogP contribution in [-0.4, -0.2) is 27.3 Å². The Kier molecular flexibility index (Phi) is 4.77. The van der Waals surface area contributed by atoms with E-state index in [1.165, 1.54) is 11.1 Å². The molecule has 0 saturated carbocycles. The quantitative estimate of drug-likeness (QED) is 0.734. The van der Waals surface area contributed by atoms with E-state index in [1.54, 1.807) is 12.4 Å². The highest BCUT2D eigenvalue weighted by Crippen LogP contribution is 2.23. The van der Waals surface area contributed by atoms with E-state index in [1.807, 2.05) is 42.2 Å². The Hall–Kier alpha value is -2.92. The van der Waals surface area contributed by atoms with Gasteiger partial charge in [0.1, 0.15) is 0 Å². The Bertz CT molecular complexity index is 988. The third-order valence-electron chi connectivity index (χ3n) is 4.76. The first kappa shape index (κ1) is 17.5. The smallest absolute Gasteiger partial charge is 0.257 e. The van der Waals surface area contributed by atoms with E-state index >= 15 is 0 Å². The molecule has 5 nitrogen and oxygen atoms in total. The van der Waals surface area contributed by atoms with E-state index in [2.05, 4.69) is 27.4 Å². The number of aryl methyl sites for hydroxylation is 1. The van der Waals surface area contributed by atoms with Crippen molar-refractivity contribution in [3.8, 4) is 0 Å². The summed E-state index contributed by atoms with van der Waals surface area (Å²) in [7, 11) is 0. The number of nitrogens with zero attached hydrogens (tertiary/aromatic N) is 3. The first-order chi connectivity index (χ1) is 13.1. The lowest BCUT2D eigenvalue weighted by Gasteiger charge is -2.28. The van der Waals surface area contributed by atoms with Crippen LogP contribution in [0.5, 0.6) is 0 Å². The number of carbonyl (C=O) groups is 1. The second-order valence-electron chi connectivity index (χ2n) is 6.63. The minimum Gasteiger partial charge on any atom is -0.334 e. The van der Waals surface area contributed by atoms with Crippen molar-refractivity contribution < 1.29 is 4.79 Å². The lowest BCUT2D eigenvalue weighted by molar-refractivity contribution is 0.0734. The summed E-state index contributed by atoms with van der Waals surface area (Å²) in [5, 5.41) is 3.78. The number of aromatic nitrogens is 2. The van der Waals surface area contributed by atoms with Crippen LogP contribution in [0, 0.1) is 6.92 Å². The number of benzene rings is 2. The van der Waals surface area contributed by atoms with Crippen LogP contribution < -0.4 is 5.32 Å². The Balaban J connectivity index is 1.47. The van der Waals surface area contributed by atoms with Crippen LogP contribution >= 0.6 is 11.6 Å². The molecule has 0 aliphatic carbocycles. The van der Waals surface area contributed by atoms with Gasteiger partial charge in [-0.3, -0.25) is 4.79 Å². The summed E-state index contributed by atoms with van der Waals surface area (Å²) in [6.45, 7) is 3.30. The maximum absolute atomic E-state index is 12.8. The fraction of sp³-hybridized carbons (Fsp3) is 0.190. The molecular formula is C21H19ClN4O. The monoisotopic (exact) mass is 378 g/mol. The second-order valence-corrected chi connectivity index (χ2v) is 7.06. The molecule has 0 spiro atoms. The molecule has 27 heavy (non-hydrogen) atoms. The van der Waals surface area contributed by atoms with Crippen LogP contribution in [0.1, 0.15) is 27.0 Å². The van der Waals surface area contributed by atoms with Crippen LogP contribution in [0.2, 0.25) is 5.02 Å². The van der Waals surface area contributed by atoms with Crippen molar-refractivity contribution in [1.82, 2.24) is 14.9 Å². The molecule has 4 rings (SSSR count). The third-order valence-corrected chi connectivity index (χ3v) is 5.00. The molecule has 0 saturated heterocycles. The topological polar surface area (TPSA) is 58.1 Å². The number of hydrogen-bond acceptors (Lipinski definition) is 4. The van der Waals surface area contributed by atoms with Gasteiger partial charge >= 0.3 is 0 Å². The molecule has 1 N–H and O–H groups in total. The summed E-state index contributed by atoms with van der Waals surface area (Å²) in [5.74, 6) is 0.385. The van der Waals surface area contributed by atoms with Crippen molar-refractivity contribution in [3.05, 3.63) is 82.1 Å². The average molecular weight is 379 g/mol. The summed E-state index contributed by atoms with van der Waals surface area (Å²) in [4.78, 5) is 23.2. The number of rotatable bonds is 3. The molecule has 1 amide bonds. The summed E-state index contributed by atoms with van der Waals surface area (Å²) in [5.41, 5.74) is 4.88. The van der Waals surface area contributed by atoms with E-state index in [0.29, 0.717) is 29.6 Å². The van der Waals surface area contributed by atoms with Crippen molar-refractivity contribution in [3.63, 3.8) is 0 Å². The maximum Gasteiger partial charge on any atom is 0.257 e. The van der Waals surface area contributed by atoms with E-state index in [9.17, 15) is 4.79 Å². The van der Waals surface area contributed by atoms with Gasteiger partial charge < -0.3 is 10.2 Å². The van der Waals surface area contributed by atoms with Crippen molar-refractivity contribution in [1.29, 1.82) is 0 Å². The van der Waals surface area contributed by atoms with Gasteiger partial charge in [-0.25, -0.2) is 9.97 Å². The predicted octanol–water partition coefficient (Wildman–Crippen LogP) is 4.38. The molecule has 1 aromatic heterocycles. The minimum atomic E-state index is -0.0463. The van der Waals surface area contributed by atoms with Crippen LogP contribution in [0.25, 0.3) is 0 Å². The third kappa shape index (κ3) is 3.78. The zero-order valence-electron chi connectivity index (χ0n) is 14.9. The molecule has 3 aromatic rings. The first-order valence-electron chi connectivity index (χ1n) is 8.81. The SMILES string of the molecule is Cc1ccc(Cl)cc1Nc1ncc(C(=O)N2CCc3ccccc3C2)cn1. The number of hydrogen-bond donors (Lipinski definition) is 1. The number of amides is 1. The highest BCUT2D eigenvalue weighted by molar-refractivity contribution is 6.30. The molecular weight excluding hydrogens is 360 g/mol. The Labute approximate surface area is 163 Å². The summed E-state index contributed by atoms with van der Waals surface area (Å²) in [6.07, 6.45) is 4.01. The van der Waals surface area contributed by atoms with E-state index in [-0.39, 0.29) is 5.91 Å². The molecule has 1 aliphatic heterocycles. The molecule has 2 heterocycles. The fourth-order valence-corrected chi connectivity index (χ4v) is 3.38. The van der Waals surface area contributed by atoms with Gasteiger partial charge in [-0.15, -0.1) is 0 Å². The van der Waals surface area contributed by atoms with Crippen LogP contribution in [0.4, 0.5) is 11.6 Å².